The van der Waals surface area contributed by atoms with Crippen molar-refractivity contribution in [1.82, 2.24) is 21.2 Å². The predicted molar refractivity (Wildman–Crippen MR) is 87.2 cm³/mol. The van der Waals surface area contributed by atoms with Gasteiger partial charge in [0.15, 0.2) is 5.11 Å². The van der Waals surface area contributed by atoms with Crippen LogP contribution in [0.3, 0.4) is 0 Å². The molecule has 1 aliphatic rings. The molecule has 0 bridgehead atoms. The molecule has 21 heavy (non-hydrogen) atoms. The van der Waals surface area contributed by atoms with Crippen LogP contribution in [0, 0.1) is 0 Å². The van der Waals surface area contributed by atoms with Crippen molar-refractivity contribution < 1.29 is 4.79 Å². The monoisotopic (exact) mass is 344 g/mol. The number of thiocarbonyl (C=S) groups is 1. The number of nitrogens with one attached hydrogen (secondary N) is 3. The third-order valence-corrected chi connectivity index (χ3v) is 4.06. The van der Waals surface area contributed by atoms with Gasteiger partial charge in [0.1, 0.15) is 10.3 Å². The number of pyridine rings is 1. The smallest absolute Gasteiger partial charge is 0.249 e. The van der Waals surface area contributed by atoms with E-state index in [-0.39, 0.29) is 16.2 Å². The number of halogens is 2. The van der Waals surface area contributed by atoms with E-state index < -0.39 is 5.41 Å². The first kappa shape index (κ1) is 16.0. The second-order valence-electron chi connectivity index (χ2n) is 4.85. The Balaban J connectivity index is 2.26. The van der Waals surface area contributed by atoms with Gasteiger partial charge in [-0.3, -0.25) is 15.6 Å². The van der Waals surface area contributed by atoms with Gasteiger partial charge in [0.2, 0.25) is 5.91 Å². The summed E-state index contributed by atoms with van der Waals surface area (Å²) in [6, 6.07) is 3.30. The van der Waals surface area contributed by atoms with Crippen LogP contribution in [0.25, 0.3) is 0 Å². The zero-order valence-electron chi connectivity index (χ0n) is 11.3. The highest BCUT2D eigenvalue weighted by Gasteiger charge is 2.48. The molecule has 0 aromatic carbocycles. The van der Waals surface area contributed by atoms with E-state index >= 15 is 0 Å². The zero-order valence-corrected chi connectivity index (χ0v) is 13.6. The fourth-order valence-electron chi connectivity index (χ4n) is 2.33. The molecule has 5 nitrogen and oxygen atoms in total. The van der Waals surface area contributed by atoms with Gasteiger partial charge >= 0.3 is 0 Å². The first-order valence-electron chi connectivity index (χ1n) is 6.16. The van der Waals surface area contributed by atoms with Crippen molar-refractivity contribution in [2.75, 3.05) is 7.05 Å². The Morgan fingerprint density at radius 1 is 1.33 bits per heavy atom. The van der Waals surface area contributed by atoms with Crippen LogP contribution in [0.1, 0.15) is 18.4 Å². The predicted octanol–water partition coefficient (Wildman–Crippen LogP) is 2.10. The van der Waals surface area contributed by atoms with Crippen molar-refractivity contribution in [3.8, 4) is 0 Å². The van der Waals surface area contributed by atoms with Crippen LogP contribution in [0.15, 0.2) is 24.3 Å². The summed E-state index contributed by atoms with van der Waals surface area (Å²) in [5.74, 6) is -0.217. The lowest BCUT2D eigenvalue weighted by Crippen LogP contribution is -2.56. The molecule has 1 amide bonds. The minimum Gasteiger partial charge on any atom is -0.364 e. The van der Waals surface area contributed by atoms with Crippen LogP contribution in [-0.4, -0.2) is 23.1 Å². The SMILES string of the molecule is C=C1CC(C(=O)NNC(=S)NC)(c2cc(Cl)nc(Cl)c2)C1. The number of aromatic nitrogens is 1. The van der Waals surface area contributed by atoms with Crippen molar-refractivity contribution in [3.63, 3.8) is 0 Å². The number of rotatable bonds is 2. The Morgan fingerprint density at radius 2 is 1.90 bits per heavy atom. The molecule has 8 heteroatoms. The lowest BCUT2D eigenvalue weighted by atomic mass is 9.61. The number of carbonyl (C=O) groups excluding carboxylic acids is 1. The molecule has 1 aromatic rings. The van der Waals surface area contributed by atoms with E-state index in [0.717, 1.165) is 11.1 Å². The molecule has 1 fully saturated rings. The number of amides is 1. The summed E-state index contributed by atoms with van der Waals surface area (Å²) in [5.41, 5.74) is 6.19. The average molecular weight is 345 g/mol. The third kappa shape index (κ3) is 3.28. The van der Waals surface area contributed by atoms with E-state index in [1.165, 1.54) is 0 Å². The minimum atomic E-state index is -0.746. The Hall–Kier alpha value is -1.37. The Morgan fingerprint density at radius 3 is 2.38 bits per heavy atom. The number of nitrogens with zero attached hydrogens (tertiary/aromatic N) is 1. The molecule has 0 saturated heterocycles. The van der Waals surface area contributed by atoms with Crippen LogP contribution in [-0.2, 0) is 10.2 Å². The van der Waals surface area contributed by atoms with Gasteiger partial charge in [0.25, 0.3) is 0 Å². The van der Waals surface area contributed by atoms with Crippen LogP contribution >= 0.6 is 35.4 Å². The molecule has 0 radical (unpaired) electrons. The third-order valence-electron chi connectivity index (χ3n) is 3.37. The largest absolute Gasteiger partial charge is 0.364 e. The highest BCUT2D eigenvalue weighted by Crippen LogP contribution is 2.47. The van der Waals surface area contributed by atoms with Gasteiger partial charge in [-0.05, 0) is 42.8 Å². The van der Waals surface area contributed by atoms with Crippen molar-refractivity contribution >= 4 is 46.4 Å². The summed E-state index contributed by atoms with van der Waals surface area (Å²) in [6.45, 7) is 3.90. The second kappa shape index (κ2) is 6.17. The van der Waals surface area contributed by atoms with Crippen LogP contribution in [0.5, 0.6) is 0 Å². The molecule has 1 heterocycles. The highest BCUT2D eigenvalue weighted by molar-refractivity contribution is 7.80. The van der Waals surface area contributed by atoms with Gasteiger partial charge in [-0.1, -0.05) is 35.4 Å². The molecular weight excluding hydrogens is 331 g/mol. The van der Waals surface area contributed by atoms with Crippen LogP contribution in [0.4, 0.5) is 0 Å². The Bertz CT molecular complexity index is 592. The van der Waals surface area contributed by atoms with Gasteiger partial charge < -0.3 is 5.32 Å². The molecular formula is C13H14Cl2N4OS. The number of hydrogen-bond acceptors (Lipinski definition) is 3. The van der Waals surface area contributed by atoms with E-state index in [0.29, 0.717) is 18.0 Å². The first-order valence-corrected chi connectivity index (χ1v) is 7.32. The maximum absolute atomic E-state index is 12.5. The topological polar surface area (TPSA) is 66.1 Å². The summed E-state index contributed by atoms with van der Waals surface area (Å²) < 4.78 is 0. The standard InChI is InChI=1S/C13H14Cl2N4OS/c1-7-5-13(6-7,11(20)18-19-12(21)16-2)8-3-9(14)17-10(15)4-8/h3-4H,1,5-6H2,2H3,(H,18,20)(H2,16,19,21). The molecule has 1 aliphatic carbocycles. The number of allylic oxidation sites excluding steroid dienone is 1. The lowest BCUT2D eigenvalue weighted by molar-refractivity contribution is -0.129. The normalized spacial score (nSPS) is 15.9. The molecule has 2 rings (SSSR count). The van der Waals surface area contributed by atoms with Gasteiger partial charge in [0.05, 0.1) is 5.41 Å². The van der Waals surface area contributed by atoms with E-state index in [4.69, 9.17) is 35.4 Å². The van der Waals surface area contributed by atoms with Gasteiger partial charge in [-0.15, -0.1) is 0 Å². The molecule has 0 unspecified atom stereocenters. The Labute approximate surface area is 138 Å². The van der Waals surface area contributed by atoms with Crippen molar-refractivity contribution in [2.24, 2.45) is 0 Å². The second-order valence-corrected chi connectivity index (χ2v) is 6.03. The molecule has 0 atom stereocenters. The first-order chi connectivity index (χ1) is 9.87. The summed E-state index contributed by atoms with van der Waals surface area (Å²) in [5, 5.41) is 3.53. The van der Waals surface area contributed by atoms with Gasteiger partial charge in [-0.2, -0.15) is 0 Å². The quantitative estimate of drug-likeness (QED) is 0.332. The van der Waals surface area contributed by atoms with E-state index in [9.17, 15) is 4.79 Å². The average Bonchev–Trinajstić information content (AvgIpc) is 2.39. The van der Waals surface area contributed by atoms with E-state index in [1.54, 1.807) is 19.2 Å². The molecule has 1 aromatic heterocycles. The van der Waals surface area contributed by atoms with Crippen molar-refractivity contribution in [3.05, 3.63) is 40.2 Å². The lowest BCUT2D eigenvalue weighted by Gasteiger charge is -2.42. The maximum atomic E-state index is 12.5. The highest BCUT2D eigenvalue weighted by atomic mass is 35.5. The van der Waals surface area contributed by atoms with Gasteiger partial charge in [-0.25, -0.2) is 4.98 Å². The maximum Gasteiger partial charge on any atom is 0.249 e. The number of hydrogen-bond donors (Lipinski definition) is 3. The molecule has 0 aliphatic heterocycles. The summed E-state index contributed by atoms with van der Waals surface area (Å²) in [7, 11) is 1.66. The zero-order chi connectivity index (χ0) is 15.6. The molecule has 0 spiro atoms. The summed E-state index contributed by atoms with van der Waals surface area (Å²) in [6.07, 6.45) is 1.06. The number of hydrazine groups is 1. The van der Waals surface area contributed by atoms with Crippen LogP contribution < -0.4 is 16.2 Å². The van der Waals surface area contributed by atoms with E-state index in [1.807, 2.05) is 0 Å². The van der Waals surface area contributed by atoms with Gasteiger partial charge in [0, 0.05) is 7.05 Å². The minimum absolute atomic E-state index is 0.217. The number of carbonyl (C=O) groups is 1. The fourth-order valence-corrected chi connectivity index (χ4v) is 2.85. The molecule has 112 valence electrons. The van der Waals surface area contributed by atoms with Crippen molar-refractivity contribution in [1.29, 1.82) is 0 Å². The summed E-state index contributed by atoms with van der Waals surface area (Å²) >= 11 is 16.8. The molecule has 1 saturated carbocycles. The van der Waals surface area contributed by atoms with Crippen LogP contribution in [0.2, 0.25) is 10.3 Å². The van der Waals surface area contributed by atoms with E-state index in [2.05, 4.69) is 27.7 Å². The summed E-state index contributed by atoms with van der Waals surface area (Å²) in [4.78, 5) is 16.4. The Kier molecular flexibility index (Phi) is 4.70. The fraction of sp³-hybridized carbons (Fsp3) is 0.308. The molecule has 3 N–H and O–H groups in total. The van der Waals surface area contributed by atoms with Crippen molar-refractivity contribution in [2.45, 2.75) is 18.3 Å².